The lowest BCUT2D eigenvalue weighted by molar-refractivity contribution is -0.384. The summed E-state index contributed by atoms with van der Waals surface area (Å²) in [4.78, 5) is 24.5. The number of carbonyl (C=O) groups excluding carboxylic acids is 1. The molecular weight excluding hydrogens is 340 g/mol. The molecule has 0 aromatic heterocycles. The summed E-state index contributed by atoms with van der Waals surface area (Å²) in [6.45, 7) is 1.77. The molecule has 114 valence electrons. The van der Waals surface area contributed by atoms with Crippen molar-refractivity contribution in [3.05, 3.63) is 32.8 Å². The van der Waals surface area contributed by atoms with Crippen LogP contribution in [0.15, 0.2) is 22.7 Å². The van der Waals surface area contributed by atoms with E-state index in [2.05, 4.69) is 21.2 Å². The highest BCUT2D eigenvalue weighted by atomic mass is 79.9. The van der Waals surface area contributed by atoms with Crippen molar-refractivity contribution in [3.8, 4) is 0 Å². The summed E-state index contributed by atoms with van der Waals surface area (Å²) in [6.07, 6.45) is 1.73. The summed E-state index contributed by atoms with van der Waals surface area (Å²) in [6, 6.07) is 4.75. The number of piperidine rings is 1. The SMILES string of the molecule is NC1CCN(CC(=O)Nc2ccc(Br)cc2[N+](=O)[O-])CC1. The summed E-state index contributed by atoms with van der Waals surface area (Å²) >= 11 is 3.18. The molecule has 0 atom stereocenters. The summed E-state index contributed by atoms with van der Waals surface area (Å²) in [5.41, 5.74) is 5.90. The van der Waals surface area contributed by atoms with Gasteiger partial charge in [-0.2, -0.15) is 0 Å². The van der Waals surface area contributed by atoms with Crippen LogP contribution in [0.3, 0.4) is 0 Å². The number of halogens is 1. The highest BCUT2D eigenvalue weighted by Gasteiger charge is 2.20. The monoisotopic (exact) mass is 356 g/mol. The molecule has 7 nitrogen and oxygen atoms in total. The standard InChI is InChI=1S/C13H17BrN4O3/c14-9-1-2-11(12(7-9)18(20)21)16-13(19)8-17-5-3-10(15)4-6-17/h1-2,7,10H,3-6,8,15H2,(H,16,19). The van der Waals surface area contributed by atoms with Gasteiger partial charge in [-0.05, 0) is 25.0 Å². The molecule has 1 aliphatic rings. The van der Waals surface area contributed by atoms with E-state index in [0.717, 1.165) is 25.9 Å². The minimum atomic E-state index is -0.514. The van der Waals surface area contributed by atoms with Gasteiger partial charge in [-0.15, -0.1) is 0 Å². The normalized spacial score (nSPS) is 16.7. The molecule has 0 bridgehead atoms. The predicted molar refractivity (Wildman–Crippen MR) is 83.1 cm³/mol. The molecule has 1 saturated heterocycles. The zero-order valence-corrected chi connectivity index (χ0v) is 13.0. The molecule has 0 unspecified atom stereocenters. The summed E-state index contributed by atoms with van der Waals surface area (Å²) in [5, 5.41) is 13.6. The van der Waals surface area contributed by atoms with Crippen LogP contribution in [0, 0.1) is 10.1 Å². The first-order chi connectivity index (χ1) is 9.95. The molecule has 8 heteroatoms. The maximum Gasteiger partial charge on any atom is 0.293 e. The topological polar surface area (TPSA) is 102 Å². The molecule has 21 heavy (non-hydrogen) atoms. The van der Waals surface area contributed by atoms with Gasteiger partial charge in [0.25, 0.3) is 5.69 Å². The number of hydrogen-bond acceptors (Lipinski definition) is 5. The Morgan fingerprint density at radius 2 is 2.14 bits per heavy atom. The Morgan fingerprint density at radius 1 is 1.48 bits per heavy atom. The first kappa shape index (κ1) is 15.9. The van der Waals surface area contributed by atoms with Gasteiger partial charge in [-0.1, -0.05) is 15.9 Å². The van der Waals surface area contributed by atoms with Crippen LogP contribution in [-0.4, -0.2) is 41.4 Å². The average Bonchev–Trinajstić information content (AvgIpc) is 2.43. The molecule has 1 aliphatic heterocycles. The molecule has 0 aliphatic carbocycles. The Labute approximate surface area is 130 Å². The number of benzene rings is 1. The Balaban J connectivity index is 1.98. The van der Waals surface area contributed by atoms with E-state index in [9.17, 15) is 14.9 Å². The van der Waals surface area contributed by atoms with Gasteiger partial charge in [0.15, 0.2) is 0 Å². The van der Waals surface area contributed by atoms with E-state index in [-0.39, 0.29) is 29.9 Å². The average molecular weight is 357 g/mol. The van der Waals surface area contributed by atoms with Crippen LogP contribution in [0.1, 0.15) is 12.8 Å². The van der Waals surface area contributed by atoms with Gasteiger partial charge < -0.3 is 11.1 Å². The summed E-state index contributed by atoms with van der Waals surface area (Å²) < 4.78 is 0.595. The third-order valence-corrected chi connectivity index (χ3v) is 3.92. The fourth-order valence-electron chi connectivity index (χ4n) is 2.27. The van der Waals surface area contributed by atoms with Crippen molar-refractivity contribution in [2.45, 2.75) is 18.9 Å². The van der Waals surface area contributed by atoms with Crippen LogP contribution in [0.4, 0.5) is 11.4 Å². The maximum atomic E-state index is 12.0. The van der Waals surface area contributed by atoms with Crippen LogP contribution in [0.25, 0.3) is 0 Å². The van der Waals surface area contributed by atoms with Crippen LogP contribution in [0.2, 0.25) is 0 Å². The number of hydrogen-bond donors (Lipinski definition) is 2. The molecular formula is C13H17BrN4O3. The van der Waals surface area contributed by atoms with E-state index < -0.39 is 4.92 Å². The van der Waals surface area contributed by atoms with Crippen molar-refractivity contribution in [1.82, 2.24) is 4.90 Å². The number of likely N-dealkylation sites (tertiary alicyclic amines) is 1. The maximum absolute atomic E-state index is 12.0. The van der Waals surface area contributed by atoms with Crippen LogP contribution < -0.4 is 11.1 Å². The number of nitrogens with zero attached hydrogens (tertiary/aromatic N) is 2. The van der Waals surface area contributed by atoms with Crippen molar-refractivity contribution in [2.75, 3.05) is 25.0 Å². The van der Waals surface area contributed by atoms with E-state index in [0.29, 0.717) is 4.47 Å². The highest BCUT2D eigenvalue weighted by molar-refractivity contribution is 9.10. The smallest absolute Gasteiger partial charge is 0.293 e. The van der Waals surface area contributed by atoms with Crippen LogP contribution in [-0.2, 0) is 4.79 Å². The fraction of sp³-hybridized carbons (Fsp3) is 0.462. The first-order valence-electron chi connectivity index (χ1n) is 6.67. The molecule has 2 rings (SSSR count). The molecule has 0 radical (unpaired) electrons. The number of nitro groups is 1. The Kier molecular flexibility index (Phi) is 5.27. The number of nitro benzene ring substituents is 1. The van der Waals surface area contributed by atoms with E-state index in [4.69, 9.17) is 5.73 Å². The number of rotatable bonds is 4. The van der Waals surface area contributed by atoms with Crippen molar-refractivity contribution in [1.29, 1.82) is 0 Å². The molecule has 3 N–H and O–H groups in total. The predicted octanol–water partition coefficient (Wildman–Crippen LogP) is 1.72. The number of amides is 1. The molecule has 1 aromatic rings. The Morgan fingerprint density at radius 3 is 2.76 bits per heavy atom. The van der Waals surface area contributed by atoms with Gasteiger partial charge in [0, 0.05) is 29.7 Å². The van der Waals surface area contributed by atoms with Crippen molar-refractivity contribution in [3.63, 3.8) is 0 Å². The lowest BCUT2D eigenvalue weighted by Gasteiger charge is -2.29. The molecule has 1 heterocycles. The number of nitrogens with one attached hydrogen (secondary N) is 1. The largest absolute Gasteiger partial charge is 0.328 e. The van der Waals surface area contributed by atoms with Crippen LogP contribution in [0.5, 0.6) is 0 Å². The molecule has 0 spiro atoms. The quantitative estimate of drug-likeness (QED) is 0.631. The van der Waals surface area contributed by atoms with Crippen molar-refractivity contribution < 1.29 is 9.72 Å². The van der Waals surface area contributed by atoms with Gasteiger partial charge in [-0.25, -0.2) is 0 Å². The lowest BCUT2D eigenvalue weighted by Crippen LogP contribution is -2.43. The third kappa shape index (κ3) is 4.48. The third-order valence-electron chi connectivity index (χ3n) is 3.43. The highest BCUT2D eigenvalue weighted by Crippen LogP contribution is 2.27. The van der Waals surface area contributed by atoms with Gasteiger partial charge in [0.1, 0.15) is 5.69 Å². The minimum absolute atomic E-state index is 0.126. The van der Waals surface area contributed by atoms with Gasteiger partial charge >= 0.3 is 0 Å². The van der Waals surface area contributed by atoms with Crippen molar-refractivity contribution >= 4 is 33.2 Å². The fourth-order valence-corrected chi connectivity index (χ4v) is 2.61. The summed E-state index contributed by atoms with van der Waals surface area (Å²) in [5.74, 6) is -0.254. The molecule has 1 amide bonds. The Bertz CT molecular complexity index is 544. The van der Waals surface area contributed by atoms with E-state index in [1.807, 2.05) is 4.90 Å². The second-order valence-electron chi connectivity index (χ2n) is 5.08. The van der Waals surface area contributed by atoms with Gasteiger partial charge in [-0.3, -0.25) is 19.8 Å². The van der Waals surface area contributed by atoms with E-state index >= 15 is 0 Å². The first-order valence-corrected chi connectivity index (χ1v) is 7.46. The zero-order chi connectivity index (χ0) is 15.4. The second kappa shape index (κ2) is 6.97. The van der Waals surface area contributed by atoms with Crippen molar-refractivity contribution in [2.24, 2.45) is 5.73 Å². The molecule has 0 saturated carbocycles. The van der Waals surface area contributed by atoms with E-state index in [1.165, 1.54) is 12.1 Å². The number of carbonyl (C=O) groups is 1. The lowest BCUT2D eigenvalue weighted by atomic mass is 10.1. The Hall–Kier alpha value is -1.51. The van der Waals surface area contributed by atoms with E-state index in [1.54, 1.807) is 6.07 Å². The zero-order valence-electron chi connectivity index (χ0n) is 11.4. The number of anilines is 1. The summed E-state index contributed by atoms with van der Waals surface area (Å²) in [7, 11) is 0. The molecule has 1 aromatic carbocycles. The van der Waals surface area contributed by atoms with Gasteiger partial charge in [0.05, 0.1) is 11.5 Å². The second-order valence-corrected chi connectivity index (χ2v) is 6.00. The minimum Gasteiger partial charge on any atom is -0.328 e. The molecule has 1 fully saturated rings. The van der Waals surface area contributed by atoms with Crippen LogP contribution >= 0.6 is 15.9 Å². The number of nitrogens with two attached hydrogens (primary N) is 1. The van der Waals surface area contributed by atoms with Gasteiger partial charge in [0.2, 0.25) is 5.91 Å².